The van der Waals surface area contributed by atoms with Gasteiger partial charge in [0.2, 0.25) is 0 Å². The second kappa shape index (κ2) is 8.02. The standard InChI is InChI=1S/C31H27NO4/c1-4-36-25-12-8-7-11-23(25)27-28(19(3)33)32-24-17-18(2)13-14-20(24)15-16-26(32)31(27)29(34)21-9-5-6-10-22(21)30(31)35/h5-17,26-28H,4H2,1-3H3/t26-,27+,28-/m0/s1. The van der Waals surface area contributed by atoms with Crippen molar-refractivity contribution in [1.82, 2.24) is 0 Å². The molecule has 0 bridgehead atoms. The summed E-state index contributed by atoms with van der Waals surface area (Å²) >= 11 is 0. The number of ketones is 3. The Labute approximate surface area is 210 Å². The highest BCUT2D eigenvalue weighted by Gasteiger charge is 2.71. The van der Waals surface area contributed by atoms with Crippen molar-refractivity contribution < 1.29 is 19.1 Å². The van der Waals surface area contributed by atoms with Crippen LogP contribution < -0.4 is 9.64 Å². The monoisotopic (exact) mass is 477 g/mol. The number of hydrogen-bond donors (Lipinski definition) is 0. The van der Waals surface area contributed by atoms with Crippen LogP contribution in [0, 0.1) is 12.3 Å². The lowest BCUT2D eigenvalue weighted by atomic mass is 9.64. The molecule has 1 saturated heterocycles. The lowest BCUT2D eigenvalue weighted by molar-refractivity contribution is -0.118. The van der Waals surface area contributed by atoms with E-state index in [1.54, 1.807) is 31.2 Å². The number of hydrogen-bond acceptors (Lipinski definition) is 5. The zero-order valence-electron chi connectivity index (χ0n) is 20.5. The molecule has 0 N–H and O–H groups in total. The van der Waals surface area contributed by atoms with Gasteiger partial charge in [0.15, 0.2) is 17.3 Å². The van der Waals surface area contributed by atoms with E-state index in [1.807, 2.05) is 73.4 Å². The van der Waals surface area contributed by atoms with Gasteiger partial charge in [-0.15, -0.1) is 0 Å². The van der Waals surface area contributed by atoms with Crippen LogP contribution in [0.4, 0.5) is 5.69 Å². The van der Waals surface area contributed by atoms with Gasteiger partial charge < -0.3 is 9.64 Å². The maximum Gasteiger partial charge on any atom is 0.180 e. The normalized spacial score (nSPS) is 23.0. The molecule has 1 aliphatic carbocycles. The van der Waals surface area contributed by atoms with Crippen molar-refractivity contribution in [2.75, 3.05) is 11.5 Å². The van der Waals surface area contributed by atoms with E-state index in [4.69, 9.17) is 4.74 Å². The second-order valence-electron chi connectivity index (χ2n) is 9.85. The summed E-state index contributed by atoms with van der Waals surface area (Å²) < 4.78 is 6.00. The van der Waals surface area contributed by atoms with Crippen molar-refractivity contribution in [1.29, 1.82) is 0 Å². The lowest BCUT2D eigenvalue weighted by Gasteiger charge is -2.37. The van der Waals surface area contributed by atoms with Crippen molar-refractivity contribution in [3.05, 3.63) is 101 Å². The molecular formula is C31H27NO4. The van der Waals surface area contributed by atoms with Gasteiger partial charge in [-0.2, -0.15) is 0 Å². The number of fused-ring (bicyclic) bond motifs is 5. The van der Waals surface area contributed by atoms with Crippen LogP contribution in [0.15, 0.2) is 72.8 Å². The zero-order valence-corrected chi connectivity index (χ0v) is 20.5. The molecular weight excluding hydrogens is 450 g/mol. The first-order chi connectivity index (χ1) is 17.4. The Hall–Kier alpha value is -3.99. The minimum atomic E-state index is -1.48. The molecule has 6 rings (SSSR count). The highest BCUT2D eigenvalue weighted by molar-refractivity contribution is 6.32. The Kier molecular flexibility index (Phi) is 5.01. The predicted octanol–water partition coefficient (Wildman–Crippen LogP) is 5.42. The fraction of sp³-hybridized carbons (Fsp3) is 0.258. The Morgan fingerprint density at radius 3 is 2.31 bits per heavy atom. The third kappa shape index (κ3) is 2.80. The van der Waals surface area contributed by atoms with E-state index in [-0.39, 0.29) is 17.3 Å². The largest absolute Gasteiger partial charge is 0.494 e. The first-order valence-electron chi connectivity index (χ1n) is 12.4. The van der Waals surface area contributed by atoms with E-state index >= 15 is 0 Å². The summed E-state index contributed by atoms with van der Waals surface area (Å²) in [4.78, 5) is 44.5. The quantitative estimate of drug-likeness (QED) is 0.470. The Morgan fingerprint density at radius 2 is 1.64 bits per heavy atom. The van der Waals surface area contributed by atoms with Gasteiger partial charge >= 0.3 is 0 Å². The molecule has 3 atom stereocenters. The van der Waals surface area contributed by atoms with Crippen molar-refractivity contribution >= 4 is 29.1 Å². The van der Waals surface area contributed by atoms with Crippen molar-refractivity contribution in [3.8, 4) is 5.75 Å². The number of aryl methyl sites for hydroxylation is 1. The van der Waals surface area contributed by atoms with Crippen LogP contribution in [0.1, 0.15) is 57.2 Å². The van der Waals surface area contributed by atoms with Crippen molar-refractivity contribution in [3.63, 3.8) is 0 Å². The number of benzene rings is 3. The van der Waals surface area contributed by atoms with Crippen molar-refractivity contribution in [2.24, 2.45) is 5.41 Å². The molecule has 5 heteroatoms. The topological polar surface area (TPSA) is 63.7 Å². The number of carbonyl (C=O) groups is 3. The molecule has 0 radical (unpaired) electrons. The SMILES string of the molecule is CCOc1ccccc1[C@@H]1[C@H](C(C)=O)N2c3cc(C)ccc3C=C[C@H]2C12C(=O)c1ccccc1C2=O. The summed E-state index contributed by atoms with van der Waals surface area (Å²) in [5, 5.41) is 0. The van der Waals surface area contributed by atoms with Crippen LogP contribution >= 0.6 is 0 Å². The molecule has 2 heterocycles. The van der Waals surface area contributed by atoms with Gasteiger partial charge in [0.1, 0.15) is 11.2 Å². The van der Waals surface area contributed by atoms with E-state index in [9.17, 15) is 14.4 Å². The van der Waals surface area contributed by atoms with Gasteiger partial charge in [0.25, 0.3) is 0 Å². The van der Waals surface area contributed by atoms with Gasteiger partial charge in [-0.05, 0) is 44.0 Å². The number of para-hydroxylation sites is 1. The number of nitrogens with zero attached hydrogens (tertiary/aromatic N) is 1. The smallest absolute Gasteiger partial charge is 0.180 e. The molecule has 3 aromatic carbocycles. The summed E-state index contributed by atoms with van der Waals surface area (Å²) in [6.45, 7) is 5.89. The molecule has 0 amide bonds. The van der Waals surface area contributed by atoms with Gasteiger partial charge in [0, 0.05) is 28.3 Å². The molecule has 5 nitrogen and oxygen atoms in total. The predicted molar refractivity (Wildman–Crippen MR) is 139 cm³/mol. The third-order valence-corrected chi connectivity index (χ3v) is 7.93. The molecule has 3 aliphatic rings. The molecule has 0 aromatic heterocycles. The van der Waals surface area contributed by atoms with E-state index in [0.717, 1.165) is 16.8 Å². The number of anilines is 1. The zero-order chi connectivity index (χ0) is 25.2. The van der Waals surface area contributed by atoms with Gasteiger partial charge in [0.05, 0.1) is 18.7 Å². The van der Waals surface area contributed by atoms with Gasteiger partial charge in [-0.25, -0.2) is 0 Å². The van der Waals surface area contributed by atoms with E-state index in [1.165, 1.54) is 0 Å². The summed E-state index contributed by atoms with van der Waals surface area (Å²) in [6, 6.07) is 19.3. The molecule has 2 aliphatic heterocycles. The minimum Gasteiger partial charge on any atom is -0.494 e. The highest BCUT2D eigenvalue weighted by atomic mass is 16.5. The molecule has 0 unspecified atom stereocenters. The maximum atomic E-state index is 14.5. The Bertz CT molecular complexity index is 1430. The van der Waals surface area contributed by atoms with Crippen LogP contribution in [0.2, 0.25) is 0 Å². The number of Topliss-reactive ketones (excluding diaryl/α,β-unsaturated/α-hetero) is 3. The Balaban J connectivity index is 1.70. The molecule has 180 valence electrons. The Morgan fingerprint density at radius 1 is 0.972 bits per heavy atom. The molecule has 0 saturated carbocycles. The third-order valence-electron chi connectivity index (χ3n) is 7.93. The van der Waals surface area contributed by atoms with Crippen LogP contribution in [-0.4, -0.2) is 36.0 Å². The molecule has 1 fully saturated rings. The van der Waals surface area contributed by atoms with Crippen molar-refractivity contribution in [2.45, 2.75) is 38.8 Å². The first-order valence-corrected chi connectivity index (χ1v) is 12.4. The fourth-order valence-corrected chi connectivity index (χ4v) is 6.59. The second-order valence-corrected chi connectivity index (χ2v) is 9.85. The fourth-order valence-electron chi connectivity index (χ4n) is 6.59. The molecule has 3 aromatic rings. The van der Waals surface area contributed by atoms with Crippen LogP contribution in [0.3, 0.4) is 0 Å². The number of rotatable bonds is 4. The van der Waals surface area contributed by atoms with Gasteiger partial charge in [-0.1, -0.05) is 66.7 Å². The van der Waals surface area contributed by atoms with E-state index < -0.39 is 23.4 Å². The molecule has 1 spiro atoms. The van der Waals surface area contributed by atoms with Crippen LogP contribution in [-0.2, 0) is 4.79 Å². The average Bonchev–Trinajstić information content (AvgIpc) is 3.31. The minimum absolute atomic E-state index is 0.0903. The maximum absolute atomic E-state index is 14.5. The molecule has 36 heavy (non-hydrogen) atoms. The van der Waals surface area contributed by atoms with Gasteiger partial charge in [-0.3, -0.25) is 14.4 Å². The summed E-state index contributed by atoms with van der Waals surface area (Å²) in [5.41, 5.74) is 2.96. The summed E-state index contributed by atoms with van der Waals surface area (Å²) in [6.07, 6.45) is 3.92. The average molecular weight is 478 g/mol. The number of carbonyl (C=O) groups excluding carboxylic acids is 3. The summed E-state index contributed by atoms with van der Waals surface area (Å²) in [5.74, 6) is -0.656. The van der Waals surface area contributed by atoms with Crippen LogP contribution in [0.5, 0.6) is 5.75 Å². The van der Waals surface area contributed by atoms with E-state index in [2.05, 4.69) is 0 Å². The number of ether oxygens (including phenoxy) is 1. The highest BCUT2D eigenvalue weighted by Crippen LogP contribution is 2.61. The lowest BCUT2D eigenvalue weighted by Crippen LogP contribution is -2.48. The van der Waals surface area contributed by atoms with E-state index in [0.29, 0.717) is 29.0 Å². The summed E-state index contributed by atoms with van der Waals surface area (Å²) in [7, 11) is 0. The first kappa shape index (κ1) is 22.5. The van der Waals surface area contributed by atoms with Crippen LogP contribution in [0.25, 0.3) is 6.08 Å².